The summed E-state index contributed by atoms with van der Waals surface area (Å²) in [5.74, 6) is -0.288. The number of hydrogen-bond acceptors (Lipinski definition) is 7. The second-order valence-corrected chi connectivity index (χ2v) is 7.99. The molecule has 3 N–H and O–H groups in total. The Hall–Kier alpha value is -3.50. The van der Waals surface area contributed by atoms with E-state index in [9.17, 15) is 13.2 Å². The molecule has 170 valence electrons. The summed E-state index contributed by atoms with van der Waals surface area (Å²) in [6.45, 7) is 0.714. The predicted octanol–water partition coefficient (Wildman–Crippen LogP) is 3.23. The molecule has 3 aromatic rings. The summed E-state index contributed by atoms with van der Waals surface area (Å²) < 4.78 is 42.1. The molecule has 2 aliphatic heterocycles. The second-order valence-electron chi connectivity index (χ2n) is 7.99. The fraction of sp³-hybridized carbons (Fsp3) is 0.261. The van der Waals surface area contributed by atoms with E-state index in [1.807, 2.05) is 24.3 Å². The molecule has 0 aliphatic carbocycles. The molecule has 0 radical (unpaired) electrons. The molecule has 0 amide bonds. The number of hydrogen-bond donors (Lipinski definition) is 2. The molecule has 7 nitrogen and oxygen atoms in total. The highest BCUT2D eigenvalue weighted by Crippen LogP contribution is 2.44. The largest absolute Gasteiger partial charge is 0.573 e. The zero-order chi connectivity index (χ0) is 23.1. The molecule has 1 aromatic heterocycles. The van der Waals surface area contributed by atoms with Crippen molar-refractivity contribution in [2.24, 2.45) is 10.7 Å². The van der Waals surface area contributed by atoms with Crippen molar-refractivity contribution in [2.75, 3.05) is 6.54 Å². The molecule has 5 rings (SSSR count). The third-order valence-electron chi connectivity index (χ3n) is 5.93. The summed E-state index contributed by atoms with van der Waals surface area (Å²) in [4.78, 5) is 15.2. The van der Waals surface area contributed by atoms with Crippen molar-refractivity contribution >= 4 is 6.34 Å². The zero-order valence-electron chi connectivity index (χ0n) is 17.4. The van der Waals surface area contributed by atoms with Crippen molar-refractivity contribution in [3.63, 3.8) is 0 Å². The number of benzene rings is 2. The second kappa shape index (κ2) is 8.13. The number of nitrogens with two attached hydrogens (primary N) is 1. The lowest BCUT2D eigenvalue weighted by molar-refractivity contribution is -0.274. The number of rotatable bonds is 4. The monoisotopic (exact) mass is 454 g/mol. The van der Waals surface area contributed by atoms with Crippen molar-refractivity contribution in [1.29, 1.82) is 0 Å². The van der Waals surface area contributed by atoms with Gasteiger partial charge in [-0.05, 0) is 41.3 Å². The molecular weight excluding hydrogens is 433 g/mol. The number of halogens is 3. The van der Waals surface area contributed by atoms with Gasteiger partial charge in [0.05, 0.1) is 12.5 Å². The van der Waals surface area contributed by atoms with Crippen molar-refractivity contribution < 1.29 is 17.9 Å². The molecular formula is C23H21F3N6O. The number of alkyl halides is 3. The molecule has 1 saturated heterocycles. The summed E-state index contributed by atoms with van der Waals surface area (Å²) in [7, 11) is 0. The van der Waals surface area contributed by atoms with Crippen LogP contribution >= 0.6 is 0 Å². The minimum atomic E-state index is -4.76. The van der Waals surface area contributed by atoms with E-state index in [-0.39, 0.29) is 18.1 Å². The van der Waals surface area contributed by atoms with Crippen LogP contribution in [0.25, 0.3) is 11.1 Å². The Morgan fingerprint density at radius 3 is 2.52 bits per heavy atom. The highest BCUT2D eigenvalue weighted by atomic mass is 19.4. The van der Waals surface area contributed by atoms with E-state index in [0.717, 1.165) is 23.1 Å². The van der Waals surface area contributed by atoms with Crippen LogP contribution in [0.2, 0.25) is 0 Å². The van der Waals surface area contributed by atoms with E-state index in [4.69, 9.17) is 10.7 Å². The van der Waals surface area contributed by atoms with Crippen LogP contribution in [0.4, 0.5) is 13.2 Å². The van der Waals surface area contributed by atoms with Crippen LogP contribution < -0.4 is 15.8 Å². The highest BCUT2D eigenvalue weighted by molar-refractivity contribution is 5.68. The maximum atomic E-state index is 12.7. The minimum absolute atomic E-state index is 0.231. The Kier molecular flexibility index (Phi) is 5.26. The Balaban J connectivity index is 1.62. The average molecular weight is 454 g/mol. The molecule has 10 heteroatoms. The normalized spacial score (nSPS) is 24.5. The Morgan fingerprint density at radius 1 is 1.03 bits per heavy atom. The first-order valence-corrected chi connectivity index (χ1v) is 10.4. The lowest BCUT2D eigenvalue weighted by Gasteiger charge is -2.43. The zero-order valence-corrected chi connectivity index (χ0v) is 17.4. The van der Waals surface area contributed by atoms with Gasteiger partial charge >= 0.3 is 6.36 Å². The molecule has 3 heterocycles. The third-order valence-corrected chi connectivity index (χ3v) is 5.93. The minimum Gasteiger partial charge on any atom is -0.406 e. The summed E-state index contributed by atoms with van der Waals surface area (Å²) in [6, 6.07) is 13.7. The van der Waals surface area contributed by atoms with Crippen LogP contribution in [0.1, 0.15) is 17.5 Å². The van der Waals surface area contributed by atoms with E-state index in [2.05, 4.69) is 24.9 Å². The lowest BCUT2D eigenvalue weighted by atomic mass is 9.79. The van der Waals surface area contributed by atoms with E-state index >= 15 is 0 Å². The van der Waals surface area contributed by atoms with Gasteiger partial charge in [0, 0.05) is 24.5 Å². The standard InChI is InChI=1S/C23H21F3N6O/c24-23(25,26)33-19-6-4-17(5-7-19)22(21-31-20(27)8-9-32(21)14-30-22)18-3-1-2-15(10-18)16-11-28-13-29-12-16/h1-7,10-14,20-21,31H,8-9,27H2. The van der Waals surface area contributed by atoms with Crippen LogP contribution in [0.3, 0.4) is 0 Å². The van der Waals surface area contributed by atoms with Crippen LogP contribution in [-0.4, -0.2) is 46.4 Å². The number of nitrogens with zero attached hydrogens (tertiary/aromatic N) is 4. The number of nitrogens with one attached hydrogen (secondary N) is 1. The van der Waals surface area contributed by atoms with Crippen molar-refractivity contribution in [2.45, 2.75) is 30.7 Å². The van der Waals surface area contributed by atoms with E-state index in [1.54, 1.807) is 30.9 Å². The van der Waals surface area contributed by atoms with Gasteiger partial charge in [0.2, 0.25) is 0 Å². The molecule has 2 aromatic carbocycles. The quantitative estimate of drug-likeness (QED) is 0.629. The molecule has 0 spiro atoms. The fourth-order valence-electron chi connectivity index (χ4n) is 4.45. The number of aliphatic imine (C=N–C) groups is 1. The summed E-state index contributed by atoms with van der Waals surface area (Å²) >= 11 is 0. The SMILES string of the molecule is NC1CCN2C=NC(c3ccc(OC(F)(F)F)cc3)(c3cccc(-c4cncnc4)c3)C2N1. The van der Waals surface area contributed by atoms with Crippen molar-refractivity contribution in [1.82, 2.24) is 20.2 Å². The number of aromatic nitrogens is 2. The van der Waals surface area contributed by atoms with E-state index < -0.39 is 11.9 Å². The van der Waals surface area contributed by atoms with Gasteiger partial charge in [-0.1, -0.05) is 30.3 Å². The molecule has 33 heavy (non-hydrogen) atoms. The van der Waals surface area contributed by atoms with Gasteiger partial charge in [-0.25, -0.2) is 9.97 Å². The molecule has 1 fully saturated rings. The van der Waals surface area contributed by atoms with E-state index in [1.165, 1.54) is 18.5 Å². The maximum absolute atomic E-state index is 12.7. The van der Waals surface area contributed by atoms with Gasteiger partial charge in [0.15, 0.2) is 0 Å². The van der Waals surface area contributed by atoms with Gasteiger partial charge in [0.1, 0.15) is 23.8 Å². The predicted molar refractivity (Wildman–Crippen MR) is 116 cm³/mol. The van der Waals surface area contributed by atoms with Crippen molar-refractivity contribution in [3.8, 4) is 16.9 Å². The first-order valence-electron chi connectivity index (χ1n) is 10.4. The van der Waals surface area contributed by atoms with Gasteiger partial charge < -0.3 is 15.4 Å². The first-order chi connectivity index (χ1) is 15.8. The van der Waals surface area contributed by atoms with Crippen LogP contribution in [-0.2, 0) is 5.54 Å². The molecule has 3 atom stereocenters. The van der Waals surface area contributed by atoms with Gasteiger partial charge in [0.25, 0.3) is 0 Å². The topological polar surface area (TPSA) is 88.7 Å². The smallest absolute Gasteiger partial charge is 0.406 e. The Bertz CT molecular complexity index is 1150. The molecule has 2 aliphatic rings. The highest BCUT2D eigenvalue weighted by Gasteiger charge is 2.50. The fourth-order valence-corrected chi connectivity index (χ4v) is 4.45. The lowest BCUT2D eigenvalue weighted by Crippen LogP contribution is -2.63. The molecule has 0 bridgehead atoms. The van der Waals surface area contributed by atoms with Crippen molar-refractivity contribution in [3.05, 3.63) is 78.4 Å². The number of ether oxygens (including phenoxy) is 1. The van der Waals surface area contributed by atoms with E-state index in [0.29, 0.717) is 12.1 Å². The summed E-state index contributed by atoms with van der Waals surface area (Å²) in [5, 5.41) is 3.42. The molecule has 3 unspecified atom stereocenters. The maximum Gasteiger partial charge on any atom is 0.573 e. The average Bonchev–Trinajstić information content (AvgIpc) is 3.19. The van der Waals surface area contributed by atoms with Gasteiger partial charge in [-0.15, -0.1) is 13.2 Å². The Morgan fingerprint density at radius 2 is 1.79 bits per heavy atom. The van der Waals surface area contributed by atoms with Crippen LogP contribution in [0.5, 0.6) is 5.75 Å². The summed E-state index contributed by atoms with van der Waals surface area (Å²) in [6.07, 6.45) is 2.14. The number of fused-ring (bicyclic) bond motifs is 1. The first kappa shape index (κ1) is 21.4. The van der Waals surface area contributed by atoms with Gasteiger partial charge in [-0.3, -0.25) is 10.3 Å². The summed E-state index contributed by atoms with van der Waals surface area (Å²) in [5.41, 5.74) is 8.61. The van der Waals surface area contributed by atoms with Gasteiger partial charge in [-0.2, -0.15) is 0 Å². The molecule has 0 saturated carbocycles. The van der Waals surface area contributed by atoms with Crippen LogP contribution in [0, 0.1) is 0 Å². The Labute approximate surface area is 188 Å². The van der Waals surface area contributed by atoms with Crippen LogP contribution in [0.15, 0.2) is 72.2 Å². The third kappa shape index (κ3) is 4.03.